The highest BCUT2D eigenvalue weighted by molar-refractivity contribution is 5.85. The number of nitrogens with one attached hydrogen (secondary N) is 2. The Hall–Kier alpha value is -1.24. The van der Waals surface area contributed by atoms with Gasteiger partial charge >= 0.3 is 0 Å². The number of β-amino-alcohol motifs (C(OH)–C–C–N with tert-alkyl or cyclic N) is 1. The Kier molecular flexibility index (Phi) is 6.32. The van der Waals surface area contributed by atoms with Gasteiger partial charge in [-0.05, 0) is 18.2 Å². The molecule has 4 nitrogen and oxygen atoms in total. The van der Waals surface area contributed by atoms with Crippen molar-refractivity contribution < 1.29 is 18.7 Å². The lowest BCUT2D eigenvalue weighted by Crippen LogP contribution is -2.35. The predicted octanol–water partition coefficient (Wildman–Crippen LogP) is 0.626. The molecule has 2 rings (SSSR count). The molecule has 0 aliphatic carbocycles. The number of amides is 1. The van der Waals surface area contributed by atoms with Gasteiger partial charge in [0.2, 0.25) is 5.91 Å². The van der Waals surface area contributed by atoms with Gasteiger partial charge in [-0.15, -0.1) is 12.4 Å². The molecule has 1 fully saturated rings. The molecule has 3 N–H and O–H groups in total. The minimum Gasteiger partial charge on any atom is -0.391 e. The smallest absolute Gasteiger partial charge is 0.224 e. The maximum absolute atomic E-state index is 13.3. The maximum Gasteiger partial charge on any atom is 0.224 e. The summed E-state index contributed by atoms with van der Waals surface area (Å²) < 4.78 is 26.3. The summed E-state index contributed by atoms with van der Waals surface area (Å²) in [6.45, 7) is 1.47. The van der Waals surface area contributed by atoms with E-state index in [9.17, 15) is 18.7 Å². The van der Waals surface area contributed by atoms with Crippen molar-refractivity contribution >= 4 is 18.3 Å². The number of halogens is 3. The lowest BCUT2D eigenvalue weighted by atomic mass is 10.1. The molecular weight excluding hydrogens is 290 g/mol. The third-order valence-corrected chi connectivity index (χ3v) is 3.22. The van der Waals surface area contributed by atoms with Crippen molar-refractivity contribution in [3.05, 3.63) is 35.4 Å². The highest BCUT2D eigenvalue weighted by Gasteiger charge is 2.25. The summed E-state index contributed by atoms with van der Waals surface area (Å²) in [7, 11) is 0. The van der Waals surface area contributed by atoms with Crippen LogP contribution in [-0.4, -0.2) is 36.8 Å². The predicted molar refractivity (Wildman–Crippen MR) is 72.7 cm³/mol. The fourth-order valence-corrected chi connectivity index (χ4v) is 2.09. The normalized spacial score (nSPS) is 21.4. The molecule has 1 amide bonds. The molecule has 112 valence electrons. The minimum atomic E-state index is -0.598. The van der Waals surface area contributed by atoms with Crippen LogP contribution in [0.15, 0.2) is 18.2 Å². The number of rotatable bonds is 4. The molecule has 1 aromatic carbocycles. The summed E-state index contributed by atoms with van der Waals surface area (Å²) in [4.78, 5) is 11.6. The standard InChI is InChI=1S/C13H16F2N2O2.ClH/c14-10-1-2-11(15)8(3-10)4-13(19)17-6-9-5-16-7-12(9)18;/h1-3,9,12,16,18H,4-7H2,(H,17,19);1H. The first-order chi connectivity index (χ1) is 9.06. The summed E-state index contributed by atoms with van der Waals surface area (Å²) in [6.07, 6.45) is -0.689. The van der Waals surface area contributed by atoms with E-state index >= 15 is 0 Å². The van der Waals surface area contributed by atoms with Gasteiger partial charge in [0.05, 0.1) is 12.5 Å². The lowest BCUT2D eigenvalue weighted by molar-refractivity contribution is -0.120. The highest BCUT2D eigenvalue weighted by atomic mass is 35.5. The van der Waals surface area contributed by atoms with Gasteiger partial charge in [0, 0.05) is 31.1 Å². The van der Waals surface area contributed by atoms with Gasteiger partial charge in [-0.3, -0.25) is 4.79 Å². The monoisotopic (exact) mass is 306 g/mol. The van der Waals surface area contributed by atoms with Crippen molar-refractivity contribution in [3.63, 3.8) is 0 Å². The molecule has 7 heteroatoms. The van der Waals surface area contributed by atoms with E-state index in [2.05, 4.69) is 10.6 Å². The number of carbonyl (C=O) groups excluding carboxylic acids is 1. The molecular formula is C13H17ClF2N2O2. The molecule has 2 atom stereocenters. The average molecular weight is 307 g/mol. The van der Waals surface area contributed by atoms with E-state index < -0.39 is 17.7 Å². The first kappa shape index (κ1) is 16.8. The first-order valence-electron chi connectivity index (χ1n) is 6.15. The van der Waals surface area contributed by atoms with Gasteiger partial charge in [-0.25, -0.2) is 8.78 Å². The van der Waals surface area contributed by atoms with Crippen molar-refractivity contribution in [2.24, 2.45) is 5.92 Å². The van der Waals surface area contributed by atoms with E-state index in [1.165, 1.54) is 0 Å². The number of aliphatic hydroxyl groups excluding tert-OH is 1. The van der Waals surface area contributed by atoms with Crippen molar-refractivity contribution in [2.75, 3.05) is 19.6 Å². The Morgan fingerprint density at radius 3 is 2.80 bits per heavy atom. The molecule has 0 spiro atoms. The number of hydrogen-bond donors (Lipinski definition) is 3. The zero-order valence-corrected chi connectivity index (χ0v) is 11.6. The lowest BCUT2D eigenvalue weighted by Gasteiger charge is -2.14. The largest absolute Gasteiger partial charge is 0.391 e. The number of hydrogen-bond acceptors (Lipinski definition) is 3. The molecule has 0 saturated carbocycles. The molecule has 1 aliphatic heterocycles. The second-order valence-electron chi connectivity index (χ2n) is 4.70. The summed E-state index contributed by atoms with van der Waals surface area (Å²) in [5.74, 6) is -1.59. The molecule has 20 heavy (non-hydrogen) atoms. The Morgan fingerprint density at radius 2 is 2.15 bits per heavy atom. The molecule has 1 heterocycles. The SMILES string of the molecule is Cl.O=C(Cc1cc(F)ccc1F)NCC1CNCC1O. The van der Waals surface area contributed by atoms with Crippen LogP contribution in [0.2, 0.25) is 0 Å². The van der Waals surface area contributed by atoms with Gasteiger partial charge < -0.3 is 15.7 Å². The van der Waals surface area contributed by atoms with E-state index in [4.69, 9.17) is 0 Å². The van der Waals surface area contributed by atoms with Crippen LogP contribution >= 0.6 is 12.4 Å². The van der Waals surface area contributed by atoms with Gasteiger partial charge in [0.15, 0.2) is 0 Å². The van der Waals surface area contributed by atoms with Gasteiger partial charge in [0.25, 0.3) is 0 Å². The molecule has 0 radical (unpaired) electrons. The fraction of sp³-hybridized carbons (Fsp3) is 0.462. The maximum atomic E-state index is 13.3. The quantitative estimate of drug-likeness (QED) is 0.764. The van der Waals surface area contributed by atoms with Crippen LogP contribution in [0.3, 0.4) is 0 Å². The van der Waals surface area contributed by atoms with Crippen molar-refractivity contribution in [1.82, 2.24) is 10.6 Å². The summed E-state index contributed by atoms with van der Waals surface area (Å²) >= 11 is 0. The third kappa shape index (κ3) is 4.40. The third-order valence-electron chi connectivity index (χ3n) is 3.22. The van der Waals surface area contributed by atoms with Gasteiger partial charge in [-0.2, -0.15) is 0 Å². The minimum absolute atomic E-state index is 0. The van der Waals surface area contributed by atoms with Crippen LogP contribution in [0.25, 0.3) is 0 Å². The van der Waals surface area contributed by atoms with E-state index in [1.54, 1.807) is 0 Å². The molecule has 1 aromatic rings. The van der Waals surface area contributed by atoms with Crippen LogP contribution in [0, 0.1) is 17.6 Å². The Bertz CT molecular complexity index is 474. The number of benzene rings is 1. The van der Waals surface area contributed by atoms with E-state index in [1.807, 2.05) is 0 Å². The zero-order valence-electron chi connectivity index (χ0n) is 10.7. The van der Waals surface area contributed by atoms with E-state index in [0.29, 0.717) is 19.6 Å². The Labute approximate surface area is 122 Å². The van der Waals surface area contributed by atoms with Crippen LogP contribution in [0.1, 0.15) is 5.56 Å². The van der Waals surface area contributed by atoms with Crippen molar-refractivity contribution in [1.29, 1.82) is 0 Å². The fourth-order valence-electron chi connectivity index (χ4n) is 2.09. The molecule has 0 bridgehead atoms. The first-order valence-corrected chi connectivity index (χ1v) is 6.15. The summed E-state index contributed by atoms with van der Waals surface area (Å²) in [6, 6.07) is 3.03. The molecule has 2 unspecified atom stereocenters. The Morgan fingerprint density at radius 1 is 1.40 bits per heavy atom. The van der Waals surface area contributed by atoms with Gasteiger partial charge in [0.1, 0.15) is 11.6 Å². The van der Waals surface area contributed by atoms with E-state index in [-0.39, 0.29) is 36.2 Å². The van der Waals surface area contributed by atoms with Crippen LogP contribution < -0.4 is 10.6 Å². The van der Waals surface area contributed by atoms with Crippen LogP contribution in [-0.2, 0) is 11.2 Å². The van der Waals surface area contributed by atoms with Crippen molar-refractivity contribution in [3.8, 4) is 0 Å². The highest BCUT2D eigenvalue weighted by Crippen LogP contribution is 2.11. The second-order valence-corrected chi connectivity index (χ2v) is 4.70. The summed E-state index contributed by atoms with van der Waals surface area (Å²) in [5.41, 5.74) is 0.0302. The van der Waals surface area contributed by atoms with Crippen molar-refractivity contribution in [2.45, 2.75) is 12.5 Å². The molecule has 1 saturated heterocycles. The second kappa shape index (κ2) is 7.52. The van der Waals surface area contributed by atoms with Crippen LogP contribution in [0.4, 0.5) is 8.78 Å². The van der Waals surface area contributed by atoms with E-state index in [0.717, 1.165) is 18.2 Å². The van der Waals surface area contributed by atoms with Crippen LogP contribution in [0.5, 0.6) is 0 Å². The Balaban J connectivity index is 0.00000200. The summed E-state index contributed by atoms with van der Waals surface area (Å²) in [5, 5.41) is 15.2. The zero-order chi connectivity index (χ0) is 13.8. The topological polar surface area (TPSA) is 61.4 Å². The number of aliphatic hydroxyl groups is 1. The van der Waals surface area contributed by atoms with Gasteiger partial charge in [-0.1, -0.05) is 0 Å². The molecule has 0 aromatic heterocycles. The molecule has 1 aliphatic rings. The average Bonchev–Trinajstić information content (AvgIpc) is 2.77. The number of carbonyl (C=O) groups is 1.